The summed E-state index contributed by atoms with van der Waals surface area (Å²) in [6.07, 6.45) is 4.35. The standard InChI is InChI=1S/C20H27N7O/c1-3-26(4-2)17-7-5-15(6-8-17)20(28)27(12-11-22-25-21)18-9-10-19-16(13-18)14-23-24-19/h5-8,14,18H,3-4,9-13H2,1-2H3,(H,23,24). The number of hydrogen-bond donors (Lipinski definition) is 1. The van der Waals surface area contributed by atoms with Crippen LogP contribution in [0.15, 0.2) is 35.6 Å². The van der Waals surface area contributed by atoms with Crippen molar-refractivity contribution in [2.24, 2.45) is 5.11 Å². The third-order valence-electron chi connectivity index (χ3n) is 5.44. The van der Waals surface area contributed by atoms with Crippen molar-refractivity contribution in [1.82, 2.24) is 15.1 Å². The number of H-pyrrole nitrogens is 1. The minimum Gasteiger partial charge on any atom is -0.372 e. The van der Waals surface area contributed by atoms with Crippen LogP contribution in [-0.2, 0) is 12.8 Å². The number of carbonyl (C=O) groups excluding carboxylic acids is 1. The summed E-state index contributed by atoms with van der Waals surface area (Å²) in [4.78, 5) is 20.2. The van der Waals surface area contributed by atoms with Gasteiger partial charge >= 0.3 is 0 Å². The molecule has 8 nitrogen and oxygen atoms in total. The largest absolute Gasteiger partial charge is 0.372 e. The first kappa shape index (κ1) is 19.8. The quantitative estimate of drug-likeness (QED) is 0.430. The molecular formula is C20H27N7O. The van der Waals surface area contributed by atoms with Crippen LogP contribution in [0, 0.1) is 0 Å². The van der Waals surface area contributed by atoms with Gasteiger partial charge in [-0.15, -0.1) is 0 Å². The molecule has 0 saturated heterocycles. The molecule has 1 amide bonds. The van der Waals surface area contributed by atoms with Crippen LogP contribution < -0.4 is 4.90 Å². The predicted molar refractivity (Wildman–Crippen MR) is 109 cm³/mol. The van der Waals surface area contributed by atoms with Crippen molar-refractivity contribution in [2.45, 2.75) is 39.2 Å². The van der Waals surface area contributed by atoms with Crippen molar-refractivity contribution in [3.8, 4) is 0 Å². The molecule has 0 aliphatic heterocycles. The van der Waals surface area contributed by atoms with Crippen molar-refractivity contribution >= 4 is 11.6 Å². The monoisotopic (exact) mass is 381 g/mol. The van der Waals surface area contributed by atoms with Gasteiger partial charge < -0.3 is 9.80 Å². The minimum absolute atomic E-state index is 0.0174. The highest BCUT2D eigenvalue weighted by molar-refractivity contribution is 5.94. The van der Waals surface area contributed by atoms with Gasteiger partial charge in [0.15, 0.2) is 0 Å². The summed E-state index contributed by atoms with van der Waals surface area (Å²) in [5.41, 5.74) is 12.7. The molecule has 1 aromatic heterocycles. The predicted octanol–water partition coefficient (Wildman–Crippen LogP) is 3.57. The van der Waals surface area contributed by atoms with Gasteiger partial charge in [0.25, 0.3) is 5.91 Å². The maximum absolute atomic E-state index is 13.3. The number of anilines is 1. The van der Waals surface area contributed by atoms with Crippen LogP contribution in [0.5, 0.6) is 0 Å². The summed E-state index contributed by atoms with van der Waals surface area (Å²) in [7, 11) is 0. The van der Waals surface area contributed by atoms with Crippen LogP contribution in [0.4, 0.5) is 5.69 Å². The van der Waals surface area contributed by atoms with E-state index in [9.17, 15) is 4.79 Å². The second-order valence-corrected chi connectivity index (χ2v) is 6.94. The molecule has 2 aromatic rings. The summed E-state index contributed by atoms with van der Waals surface area (Å²) >= 11 is 0. The van der Waals surface area contributed by atoms with Crippen molar-refractivity contribution in [3.63, 3.8) is 0 Å². The number of benzene rings is 1. The maximum atomic E-state index is 13.3. The molecule has 0 fully saturated rings. The lowest BCUT2D eigenvalue weighted by Gasteiger charge is -2.34. The topological polar surface area (TPSA) is 101 Å². The molecular weight excluding hydrogens is 354 g/mol. The first-order valence-electron chi connectivity index (χ1n) is 9.85. The lowest BCUT2D eigenvalue weighted by Crippen LogP contribution is -2.44. The van der Waals surface area contributed by atoms with E-state index in [2.05, 4.69) is 39.0 Å². The number of aromatic nitrogens is 2. The summed E-state index contributed by atoms with van der Waals surface area (Å²) in [5, 5.41) is 10.8. The van der Waals surface area contributed by atoms with Gasteiger partial charge in [0.1, 0.15) is 0 Å². The molecule has 1 aliphatic carbocycles. The number of carbonyl (C=O) groups is 1. The van der Waals surface area contributed by atoms with E-state index >= 15 is 0 Å². The molecule has 1 aromatic carbocycles. The number of nitrogens with zero attached hydrogens (tertiary/aromatic N) is 6. The normalized spacial score (nSPS) is 15.4. The number of amides is 1. The van der Waals surface area contributed by atoms with Crippen LogP contribution >= 0.6 is 0 Å². The highest BCUT2D eigenvalue weighted by Crippen LogP contribution is 2.25. The van der Waals surface area contributed by atoms with Crippen LogP contribution in [-0.4, -0.2) is 53.2 Å². The van der Waals surface area contributed by atoms with Gasteiger partial charge in [-0.05, 0) is 68.5 Å². The zero-order valence-electron chi connectivity index (χ0n) is 16.5. The number of azide groups is 1. The van der Waals surface area contributed by atoms with E-state index in [4.69, 9.17) is 5.53 Å². The number of rotatable bonds is 8. The number of hydrogen-bond acceptors (Lipinski definition) is 4. The maximum Gasteiger partial charge on any atom is 0.254 e. The van der Waals surface area contributed by atoms with E-state index in [0.29, 0.717) is 12.1 Å². The van der Waals surface area contributed by atoms with Gasteiger partial charge in [-0.1, -0.05) is 5.11 Å². The Labute approximate surface area is 165 Å². The van der Waals surface area contributed by atoms with Gasteiger partial charge in [0, 0.05) is 54.1 Å². The molecule has 1 heterocycles. The Morgan fingerprint density at radius 1 is 1.32 bits per heavy atom. The fourth-order valence-corrected chi connectivity index (χ4v) is 3.88. The van der Waals surface area contributed by atoms with Crippen molar-refractivity contribution in [1.29, 1.82) is 0 Å². The van der Waals surface area contributed by atoms with E-state index < -0.39 is 0 Å². The Morgan fingerprint density at radius 3 is 2.75 bits per heavy atom. The van der Waals surface area contributed by atoms with Gasteiger partial charge in [0.05, 0.1) is 6.20 Å². The second-order valence-electron chi connectivity index (χ2n) is 6.94. The van der Waals surface area contributed by atoms with Gasteiger partial charge in [-0.2, -0.15) is 5.10 Å². The minimum atomic E-state index is -0.0174. The zero-order valence-corrected chi connectivity index (χ0v) is 16.5. The first-order chi connectivity index (χ1) is 13.7. The average molecular weight is 381 g/mol. The van der Waals surface area contributed by atoms with Gasteiger partial charge in [-0.25, -0.2) is 0 Å². The SMILES string of the molecule is CCN(CC)c1ccc(C(=O)N(CCN=[N+]=[N-])C2CCc3[nH]ncc3C2)cc1. The summed E-state index contributed by atoms with van der Waals surface area (Å²) in [6.45, 7) is 6.78. The molecule has 148 valence electrons. The average Bonchev–Trinajstić information content (AvgIpc) is 3.20. The van der Waals surface area contributed by atoms with Gasteiger partial charge in [-0.3, -0.25) is 9.89 Å². The highest BCUT2D eigenvalue weighted by Gasteiger charge is 2.29. The lowest BCUT2D eigenvalue weighted by atomic mass is 9.92. The fourth-order valence-electron chi connectivity index (χ4n) is 3.88. The first-order valence-corrected chi connectivity index (χ1v) is 9.85. The molecule has 0 radical (unpaired) electrons. The van der Waals surface area contributed by atoms with Crippen molar-refractivity contribution in [2.75, 3.05) is 31.1 Å². The molecule has 1 N–H and O–H groups in total. The number of aryl methyl sites for hydroxylation is 1. The highest BCUT2D eigenvalue weighted by atomic mass is 16.2. The van der Waals surface area contributed by atoms with E-state index in [0.717, 1.165) is 49.3 Å². The number of fused-ring (bicyclic) bond motifs is 1. The summed E-state index contributed by atoms with van der Waals surface area (Å²) in [6, 6.07) is 7.86. The van der Waals surface area contributed by atoms with E-state index in [1.165, 1.54) is 0 Å². The van der Waals surface area contributed by atoms with Gasteiger partial charge in [0.2, 0.25) is 0 Å². The molecule has 3 rings (SSSR count). The molecule has 0 bridgehead atoms. The van der Waals surface area contributed by atoms with E-state index in [-0.39, 0.29) is 18.5 Å². The molecule has 1 atom stereocenters. The summed E-state index contributed by atoms with van der Waals surface area (Å²) in [5.74, 6) is -0.0174. The Balaban J connectivity index is 1.79. The van der Waals surface area contributed by atoms with Crippen LogP contribution in [0.1, 0.15) is 41.9 Å². The Morgan fingerprint density at radius 2 is 2.07 bits per heavy atom. The summed E-state index contributed by atoms with van der Waals surface area (Å²) < 4.78 is 0. The fraction of sp³-hybridized carbons (Fsp3) is 0.500. The van der Waals surface area contributed by atoms with Crippen LogP contribution in [0.25, 0.3) is 10.4 Å². The smallest absolute Gasteiger partial charge is 0.254 e. The third-order valence-corrected chi connectivity index (χ3v) is 5.44. The van der Waals surface area contributed by atoms with Crippen LogP contribution in [0.2, 0.25) is 0 Å². The molecule has 1 aliphatic rings. The van der Waals surface area contributed by atoms with Crippen molar-refractivity contribution in [3.05, 3.63) is 57.7 Å². The number of aromatic amines is 1. The molecule has 0 spiro atoms. The zero-order chi connectivity index (χ0) is 19.9. The van der Waals surface area contributed by atoms with E-state index in [1.54, 1.807) is 0 Å². The molecule has 1 unspecified atom stereocenters. The number of nitrogens with one attached hydrogen (secondary N) is 1. The van der Waals surface area contributed by atoms with Crippen molar-refractivity contribution < 1.29 is 4.79 Å². The second kappa shape index (κ2) is 9.28. The molecule has 28 heavy (non-hydrogen) atoms. The Hall–Kier alpha value is -2.99. The third kappa shape index (κ3) is 4.28. The molecule has 0 saturated carbocycles. The Kier molecular flexibility index (Phi) is 6.55. The molecule has 8 heteroatoms. The lowest BCUT2D eigenvalue weighted by molar-refractivity contribution is 0.0668. The van der Waals surface area contributed by atoms with Crippen LogP contribution in [0.3, 0.4) is 0 Å². The Bertz CT molecular complexity index is 834. The van der Waals surface area contributed by atoms with E-state index in [1.807, 2.05) is 35.4 Å².